The number of hydrogen-bond acceptors (Lipinski definition) is 3. The number of aryl methyl sites for hydroxylation is 1. The lowest BCUT2D eigenvalue weighted by atomic mass is 10.2. The minimum absolute atomic E-state index is 0.211. The van der Waals surface area contributed by atoms with Crippen molar-refractivity contribution in [2.24, 2.45) is 0 Å². The molecule has 2 heterocycles. The van der Waals surface area contributed by atoms with Gasteiger partial charge in [0.1, 0.15) is 10.8 Å². The minimum Gasteiger partial charge on any atom is -0.339 e. The highest BCUT2D eigenvalue weighted by Gasteiger charge is 2.15. The van der Waals surface area contributed by atoms with Crippen LogP contribution in [-0.4, -0.2) is 14.8 Å². The summed E-state index contributed by atoms with van der Waals surface area (Å²) >= 11 is 1.64. The number of hydrogen-bond donors (Lipinski definition) is 0. The lowest BCUT2D eigenvalue weighted by Gasteiger charge is -2.08. The second-order valence-corrected chi connectivity index (χ2v) is 6.68. The highest BCUT2D eigenvalue weighted by Crippen LogP contribution is 2.32. The number of thioether (sulfide) groups is 1. The Morgan fingerprint density at radius 3 is 2.67 bits per heavy atom. The second-order valence-electron chi connectivity index (χ2n) is 5.72. The lowest BCUT2D eigenvalue weighted by molar-refractivity contribution is 0.627. The molecule has 0 aliphatic rings. The fourth-order valence-corrected chi connectivity index (χ4v) is 3.69. The average molecular weight is 341 g/mol. The molecule has 0 spiro atoms. The van der Waals surface area contributed by atoms with Crippen molar-refractivity contribution in [3.05, 3.63) is 65.3 Å². The molecule has 0 N–H and O–H groups in total. The summed E-state index contributed by atoms with van der Waals surface area (Å²) in [6.07, 6.45) is 6.03. The maximum Gasteiger partial charge on any atom is 0.143 e. The predicted molar refractivity (Wildman–Crippen MR) is 97.8 cm³/mol. The van der Waals surface area contributed by atoms with Crippen molar-refractivity contribution in [1.29, 1.82) is 0 Å². The summed E-state index contributed by atoms with van der Waals surface area (Å²) in [5.41, 5.74) is 4.68. The number of nitrogens with zero attached hydrogens (tertiary/aromatic N) is 3. The molecule has 0 atom stereocenters. The van der Waals surface area contributed by atoms with E-state index in [1.165, 1.54) is 23.4 Å². The molecule has 0 amide bonds. The van der Waals surface area contributed by atoms with Gasteiger partial charge in [0.25, 0.3) is 0 Å². The molecule has 0 bridgehead atoms. The van der Waals surface area contributed by atoms with Gasteiger partial charge in [-0.1, -0.05) is 36.0 Å². The molecule has 0 unspecified atom stereocenters. The third kappa shape index (κ3) is 3.22. The first-order chi connectivity index (χ1) is 11.6. The van der Waals surface area contributed by atoms with E-state index in [-0.39, 0.29) is 5.82 Å². The number of fused-ring (bicyclic) bond motifs is 1. The number of rotatable bonds is 5. The summed E-state index contributed by atoms with van der Waals surface area (Å²) in [4.78, 5) is 0. The Bertz CT molecular complexity index is 882. The molecule has 0 fully saturated rings. The second kappa shape index (κ2) is 7.18. The van der Waals surface area contributed by atoms with E-state index in [2.05, 4.69) is 40.8 Å². The summed E-state index contributed by atoms with van der Waals surface area (Å²) in [6, 6.07) is 6.60. The molecule has 124 valence electrons. The summed E-state index contributed by atoms with van der Waals surface area (Å²) in [5.74, 6) is 0.526. The van der Waals surface area contributed by atoms with Crippen molar-refractivity contribution in [2.45, 2.75) is 38.1 Å². The van der Waals surface area contributed by atoms with Crippen LogP contribution in [0, 0.1) is 19.7 Å². The van der Waals surface area contributed by atoms with Gasteiger partial charge in [-0.15, -0.1) is 5.10 Å². The Morgan fingerprint density at radius 1 is 1.21 bits per heavy atom. The number of halogens is 1. The predicted octanol–water partition coefficient (Wildman–Crippen LogP) is 5.06. The molecule has 2 aromatic heterocycles. The SMILES string of the molecule is CC=CCn1c(C)c(C)c2cnnc(SCc3ccc(F)cc3)c21. The zero-order chi connectivity index (χ0) is 17.1. The van der Waals surface area contributed by atoms with E-state index in [1.807, 2.05) is 25.3 Å². The van der Waals surface area contributed by atoms with Gasteiger partial charge >= 0.3 is 0 Å². The van der Waals surface area contributed by atoms with Crippen LogP contribution >= 0.6 is 11.8 Å². The number of benzene rings is 1. The van der Waals surface area contributed by atoms with Crippen LogP contribution in [0.1, 0.15) is 23.7 Å². The molecule has 24 heavy (non-hydrogen) atoms. The lowest BCUT2D eigenvalue weighted by Crippen LogP contribution is -2.00. The Labute approximate surface area is 145 Å². The molecule has 5 heteroatoms. The molecule has 3 rings (SSSR count). The van der Waals surface area contributed by atoms with Crippen molar-refractivity contribution >= 4 is 22.7 Å². The van der Waals surface area contributed by atoms with Gasteiger partial charge < -0.3 is 4.57 Å². The van der Waals surface area contributed by atoms with Crippen molar-refractivity contribution in [1.82, 2.24) is 14.8 Å². The number of allylic oxidation sites excluding steroid dienone is 2. The fraction of sp³-hybridized carbons (Fsp3) is 0.263. The molecule has 1 aromatic carbocycles. The normalized spacial score (nSPS) is 11.7. The minimum atomic E-state index is -0.211. The highest BCUT2D eigenvalue weighted by molar-refractivity contribution is 7.98. The van der Waals surface area contributed by atoms with E-state index < -0.39 is 0 Å². The van der Waals surface area contributed by atoms with Gasteiger partial charge in [0.05, 0.1) is 11.7 Å². The van der Waals surface area contributed by atoms with E-state index >= 15 is 0 Å². The van der Waals surface area contributed by atoms with Crippen molar-refractivity contribution < 1.29 is 4.39 Å². The average Bonchev–Trinajstić information content (AvgIpc) is 2.84. The molecule has 3 nitrogen and oxygen atoms in total. The van der Waals surface area contributed by atoms with Crippen molar-refractivity contribution in [3.8, 4) is 0 Å². The summed E-state index contributed by atoms with van der Waals surface area (Å²) in [5, 5.41) is 10.6. The standard InChI is InChI=1S/C19H20FN3S/c1-4-5-10-23-14(3)13(2)17-11-21-22-19(18(17)23)24-12-15-6-8-16(20)9-7-15/h4-9,11H,10,12H2,1-3H3. The molecular formula is C19H20FN3S. The summed E-state index contributed by atoms with van der Waals surface area (Å²) < 4.78 is 15.3. The highest BCUT2D eigenvalue weighted by atomic mass is 32.2. The zero-order valence-electron chi connectivity index (χ0n) is 14.1. The van der Waals surface area contributed by atoms with E-state index in [1.54, 1.807) is 11.8 Å². The van der Waals surface area contributed by atoms with E-state index in [4.69, 9.17) is 0 Å². The van der Waals surface area contributed by atoms with Crippen LogP contribution in [0.25, 0.3) is 10.9 Å². The van der Waals surface area contributed by atoms with Gasteiger partial charge in [0.15, 0.2) is 0 Å². The fourth-order valence-electron chi connectivity index (χ4n) is 2.73. The van der Waals surface area contributed by atoms with Gasteiger partial charge in [-0.25, -0.2) is 4.39 Å². The molecule has 0 radical (unpaired) electrons. The van der Waals surface area contributed by atoms with Crippen molar-refractivity contribution in [2.75, 3.05) is 0 Å². The van der Waals surface area contributed by atoms with E-state index in [9.17, 15) is 4.39 Å². The maximum absolute atomic E-state index is 13.0. The van der Waals surface area contributed by atoms with Gasteiger partial charge in [-0.3, -0.25) is 0 Å². The van der Waals surface area contributed by atoms with Crippen LogP contribution in [0.2, 0.25) is 0 Å². The first-order valence-electron chi connectivity index (χ1n) is 7.91. The first kappa shape index (κ1) is 16.7. The molecular weight excluding hydrogens is 321 g/mol. The van der Waals surface area contributed by atoms with Gasteiger partial charge in [0.2, 0.25) is 0 Å². The quantitative estimate of drug-likeness (QED) is 0.480. The van der Waals surface area contributed by atoms with Crippen LogP contribution < -0.4 is 0 Å². The smallest absolute Gasteiger partial charge is 0.143 e. The Balaban J connectivity index is 1.98. The Hall–Kier alpha value is -2.14. The largest absolute Gasteiger partial charge is 0.339 e. The first-order valence-corrected chi connectivity index (χ1v) is 8.90. The van der Waals surface area contributed by atoms with Gasteiger partial charge in [0, 0.05) is 23.4 Å². The Kier molecular flexibility index (Phi) is 5.00. The number of aromatic nitrogens is 3. The van der Waals surface area contributed by atoms with Gasteiger partial charge in [-0.05, 0) is 44.0 Å². The topological polar surface area (TPSA) is 30.7 Å². The molecule has 0 saturated carbocycles. The summed E-state index contributed by atoms with van der Waals surface area (Å²) in [6.45, 7) is 7.10. The molecule has 3 aromatic rings. The van der Waals surface area contributed by atoms with Crippen LogP contribution in [0.3, 0.4) is 0 Å². The van der Waals surface area contributed by atoms with Crippen LogP contribution in [0.15, 0.2) is 47.6 Å². The van der Waals surface area contributed by atoms with Crippen LogP contribution in [-0.2, 0) is 12.3 Å². The molecule has 0 aliphatic heterocycles. The third-order valence-corrected chi connectivity index (χ3v) is 5.25. The van der Waals surface area contributed by atoms with Gasteiger partial charge in [-0.2, -0.15) is 5.10 Å². The maximum atomic E-state index is 13.0. The monoisotopic (exact) mass is 341 g/mol. The molecule has 0 saturated heterocycles. The third-order valence-electron chi connectivity index (χ3n) is 4.23. The zero-order valence-corrected chi connectivity index (χ0v) is 14.9. The van der Waals surface area contributed by atoms with E-state index in [0.29, 0.717) is 0 Å². The van der Waals surface area contributed by atoms with E-state index in [0.717, 1.165) is 33.8 Å². The Morgan fingerprint density at radius 2 is 1.96 bits per heavy atom. The van der Waals surface area contributed by atoms with Crippen LogP contribution in [0.5, 0.6) is 0 Å². The van der Waals surface area contributed by atoms with Crippen LogP contribution in [0.4, 0.5) is 4.39 Å². The van der Waals surface area contributed by atoms with Crippen molar-refractivity contribution in [3.63, 3.8) is 0 Å². The molecule has 0 aliphatic carbocycles. The summed E-state index contributed by atoms with van der Waals surface area (Å²) in [7, 11) is 0.